The maximum atomic E-state index is 13.1. The van der Waals surface area contributed by atoms with Gasteiger partial charge in [0.2, 0.25) is 0 Å². The predicted molar refractivity (Wildman–Crippen MR) is 81.8 cm³/mol. The lowest BCUT2D eigenvalue weighted by molar-refractivity contribution is 0.262. The maximum Gasteiger partial charge on any atom is 0.301 e. The third-order valence-electron chi connectivity index (χ3n) is 3.58. The van der Waals surface area contributed by atoms with Crippen LogP contribution in [0.1, 0.15) is 19.8 Å². The van der Waals surface area contributed by atoms with Crippen molar-refractivity contribution in [1.82, 2.24) is 9.62 Å². The van der Waals surface area contributed by atoms with E-state index in [2.05, 4.69) is 10.0 Å². The van der Waals surface area contributed by atoms with E-state index in [1.54, 1.807) is 6.07 Å². The van der Waals surface area contributed by atoms with Crippen molar-refractivity contribution in [3.8, 4) is 0 Å². The Morgan fingerprint density at radius 1 is 1.43 bits per heavy atom. The first-order chi connectivity index (χ1) is 10.0. The second kappa shape index (κ2) is 7.20. The van der Waals surface area contributed by atoms with Gasteiger partial charge in [-0.1, -0.05) is 13.0 Å². The van der Waals surface area contributed by atoms with Crippen molar-refractivity contribution in [2.75, 3.05) is 30.9 Å². The minimum absolute atomic E-state index is 0.254. The summed E-state index contributed by atoms with van der Waals surface area (Å²) in [6.07, 6.45) is 1.87. The lowest BCUT2D eigenvalue weighted by Crippen LogP contribution is -2.45. The van der Waals surface area contributed by atoms with E-state index in [4.69, 9.17) is 0 Å². The number of benzene rings is 1. The number of anilines is 1. The van der Waals surface area contributed by atoms with Crippen molar-refractivity contribution in [2.24, 2.45) is 5.92 Å². The summed E-state index contributed by atoms with van der Waals surface area (Å²) in [6, 6.07) is 5.49. The number of nitrogens with one attached hydrogen (secondary N) is 2. The molecule has 2 N–H and O–H groups in total. The highest BCUT2D eigenvalue weighted by Gasteiger charge is 2.28. The molecule has 1 aromatic carbocycles. The molecule has 118 valence electrons. The van der Waals surface area contributed by atoms with Crippen molar-refractivity contribution in [1.29, 1.82) is 0 Å². The summed E-state index contributed by atoms with van der Waals surface area (Å²) in [5.74, 6) is -0.137. The molecule has 1 aliphatic heterocycles. The van der Waals surface area contributed by atoms with E-state index in [1.807, 2.05) is 6.92 Å². The normalized spacial score (nSPS) is 20.4. The van der Waals surface area contributed by atoms with E-state index in [9.17, 15) is 12.8 Å². The van der Waals surface area contributed by atoms with Crippen LogP contribution in [0.3, 0.4) is 0 Å². The van der Waals surface area contributed by atoms with E-state index in [1.165, 1.54) is 22.5 Å². The summed E-state index contributed by atoms with van der Waals surface area (Å²) in [7, 11) is -3.62. The van der Waals surface area contributed by atoms with Gasteiger partial charge >= 0.3 is 10.2 Å². The van der Waals surface area contributed by atoms with Gasteiger partial charge in [-0.15, -0.1) is 0 Å². The van der Waals surface area contributed by atoms with Crippen LogP contribution in [0.5, 0.6) is 0 Å². The van der Waals surface area contributed by atoms with Gasteiger partial charge < -0.3 is 5.32 Å². The van der Waals surface area contributed by atoms with Gasteiger partial charge in [-0.3, -0.25) is 4.72 Å². The largest absolute Gasteiger partial charge is 0.317 e. The minimum Gasteiger partial charge on any atom is -0.317 e. The van der Waals surface area contributed by atoms with Crippen LogP contribution in [0.4, 0.5) is 10.1 Å². The zero-order chi connectivity index (χ0) is 15.3. The fraction of sp³-hybridized carbons (Fsp3) is 0.571. The molecule has 0 saturated carbocycles. The molecule has 1 aliphatic rings. The van der Waals surface area contributed by atoms with Gasteiger partial charge in [-0.05, 0) is 50.0 Å². The first-order valence-corrected chi connectivity index (χ1v) is 8.69. The third-order valence-corrected chi connectivity index (χ3v) is 5.08. The monoisotopic (exact) mass is 315 g/mol. The third kappa shape index (κ3) is 4.66. The van der Waals surface area contributed by atoms with Crippen LogP contribution in [-0.2, 0) is 10.2 Å². The number of rotatable bonds is 6. The summed E-state index contributed by atoms with van der Waals surface area (Å²) >= 11 is 0. The second-order valence-electron chi connectivity index (χ2n) is 5.29. The fourth-order valence-electron chi connectivity index (χ4n) is 2.53. The highest BCUT2D eigenvalue weighted by molar-refractivity contribution is 7.90. The van der Waals surface area contributed by atoms with Gasteiger partial charge in [0.1, 0.15) is 5.82 Å². The van der Waals surface area contributed by atoms with Crippen LogP contribution < -0.4 is 10.0 Å². The SMILES string of the molecule is CCNCC1CCCN(S(=O)(=O)Nc2cccc(F)c2)C1. The molecule has 1 heterocycles. The van der Waals surface area contributed by atoms with Crippen LogP contribution in [0, 0.1) is 11.7 Å². The molecule has 0 bridgehead atoms. The van der Waals surface area contributed by atoms with Crippen molar-refractivity contribution in [3.05, 3.63) is 30.1 Å². The molecule has 0 aliphatic carbocycles. The Bertz CT molecular complexity index is 565. The molecule has 2 rings (SSSR count). The Labute approximate surface area is 125 Å². The Hall–Kier alpha value is -1.18. The maximum absolute atomic E-state index is 13.1. The molecule has 1 atom stereocenters. The average Bonchev–Trinajstić information content (AvgIpc) is 2.45. The van der Waals surface area contributed by atoms with Crippen LogP contribution in [0.15, 0.2) is 24.3 Å². The van der Waals surface area contributed by atoms with E-state index < -0.39 is 16.0 Å². The molecule has 1 aromatic rings. The summed E-state index contributed by atoms with van der Waals surface area (Å²) in [6.45, 7) is 4.74. The summed E-state index contributed by atoms with van der Waals surface area (Å²) < 4.78 is 41.7. The highest BCUT2D eigenvalue weighted by atomic mass is 32.2. The molecule has 1 saturated heterocycles. The van der Waals surface area contributed by atoms with E-state index in [0.29, 0.717) is 19.0 Å². The number of hydrogen-bond acceptors (Lipinski definition) is 3. The van der Waals surface area contributed by atoms with Gasteiger partial charge in [0.15, 0.2) is 0 Å². The lowest BCUT2D eigenvalue weighted by atomic mass is 10.00. The molecule has 21 heavy (non-hydrogen) atoms. The number of halogens is 1. The molecule has 1 unspecified atom stereocenters. The van der Waals surface area contributed by atoms with Crippen molar-refractivity contribution >= 4 is 15.9 Å². The number of nitrogens with zero attached hydrogens (tertiary/aromatic N) is 1. The Balaban J connectivity index is 2.01. The zero-order valence-corrected chi connectivity index (χ0v) is 13.0. The average molecular weight is 315 g/mol. The van der Waals surface area contributed by atoms with Gasteiger partial charge in [-0.2, -0.15) is 12.7 Å². The zero-order valence-electron chi connectivity index (χ0n) is 12.2. The number of piperidine rings is 1. The van der Waals surface area contributed by atoms with E-state index in [-0.39, 0.29) is 5.69 Å². The fourth-order valence-corrected chi connectivity index (χ4v) is 3.86. The van der Waals surface area contributed by atoms with Crippen molar-refractivity contribution < 1.29 is 12.8 Å². The Morgan fingerprint density at radius 2 is 2.24 bits per heavy atom. The molecule has 7 heteroatoms. The van der Waals surface area contributed by atoms with Crippen molar-refractivity contribution in [3.63, 3.8) is 0 Å². The smallest absolute Gasteiger partial charge is 0.301 e. The standard InChI is InChI=1S/C14H22FN3O2S/c1-2-16-10-12-5-4-8-18(11-12)21(19,20)17-14-7-3-6-13(15)9-14/h3,6-7,9,12,16-17H,2,4-5,8,10-11H2,1H3. The highest BCUT2D eigenvalue weighted by Crippen LogP contribution is 2.20. The summed E-state index contributed by atoms with van der Waals surface area (Å²) in [4.78, 5) is 0. The molecular formula is C14H22FN3O2S. The van der Waals surface area contributed by atoms with Crippen LogP contribution in [0.25, 0.3) is 0 Å². The predicted octanol–water partition coefficient (Wildman–Crippen LogP) is 1.80. The molecule has 0 aromatic heterocycles. The van der Waals surface area contributed by atoms with Crippen LogP contribution >= 0.6 is 0 Å². The molecule has 0 spiro atoms. The Morgan fingerprint density at radius 3 is 2.95 bits per heavy atom. The number of hydrogen-bond donors (Lipinski definition) is 2. The first-order valence-electron chi connectivity index (χ1n) is 7.25. The van der Waals surface area contributed by atoms with Gasteiger partial charge in [0, 0.05) is 13.1 Å². The first kappa shape index (κ1) is 16.2. The van der Waals surface area contributed by atoms with E-state index >= 15 is 0 Å². The molecule has 1 fully saturated rings. The molecule has 0 amide bonds. The van der Waals surface area contributed by atoms with Gasteiger partial charge in [-0.25, -0.2) is 4.39 Å². The lowest BCUT2D eigenvalue weighted by Gasteiger charge is -2.32. The Kier molecular flexibility index (Phi) is 5.55. The minimum atomic E-state index is -3.62. The molecule has 5 nitrogen and oxygen atoms in total. The second-order valence-corrected chi connectivity index (χ2v) is 6.96. The summed E-state index contributed by atoms with van der Waals surface area (Å²) in [5, 5.41) is 3.26. The molecule has 0 radical (unpaired) electrons. The van der Waals surface area contributed by atoms with Gasteiger partial charge in [0.25, 0.3) is 0 Å². The topological polar surface area (TPSA) is 61.4 Å². The van der Waals surface area contributed by atoms with Crippen LogP contribution in [-0.4, -0.2) is 38.9 Å². The van der Waals surface area contributed by atoms with Crippen molar-refractivity contribution in [2.45, 2.75) is 19.8 Å². The molecular weight excluding hydrogens is 293 g/mol. The quantitative estimate of drug-likeness (QED) is 0.841. The van der Waals surface area contributed by atoms with Crippen LogP contribution in [0.2, 0.25) is 0 Å². The van der Waals surface area contributed by atoms with Gasteiger partial charge in [0.05, 0.1) is 5.69 Å². The van der Waals surface area contributed by atoms with E-state index in [0.717, 1.165) is 25.9 Å². The summed E-state index contributed by atoms with van der Waals surface area (Å²) in [5.41, 5.74) is 0.254.